The Morgan fingerprint density at radius 3 is 3.17 bits per heavy atom. The van der Waals surface area contributed by atoms with E-state index >= 15 is 0 Å². The molecule has 0 aliphatic carbocycles. The van der Waals surface area contributed by atoms with Crippen molar-refractivity contribution in [1.82, 2.24) is 14.9 Å². The molecule has 5 heteroatoms. The molecule has 0 aromatic carbocycles. The number of anilines is 1. The number of hydrogen-bond donors (Lipinski definition) is 1. The maximum atomic E-state index is 4.19. The van der Waals surface area contributed by atoms with Crippen LogP contribution in [0.5, 0.6) is 0 Å². The Labute approximate surface area is 117 Å². The van der Waals surface area contributed by atoms with E-state index in [1.807, 2.05) is 0 Å². The Bertz CT molecular complexity index is 372. The molecule has 1 N–H and O–H groups in total. The Hall–Kier alpha value is -0.680. The molecule has 1 aromatic heterocycles. The van der Waals surface area contributed by atoms with E-state index in [0.29, 0.717) is 0 Å². The summed E-state index contributed by atoms with van der Waals surface area (Å²) in [4.78, 5) is 10.7. The van der Waals surface area contributed by atoms with Crippen molar-refractivity contribution in [2.24, 2.45) is 0 Å². The standard InChI is InChI=1S/C13H21BrN4/c1-11-5-2-3-7-18(11)8-4-6-16-13-12(14)9-15-10-17-13/h9-11H,2-8H2,1H3,(H,15,16,17). The fourth-order valence-electron chi connectivity index (χ4n) is 2.42. The van der Waals surface area contributed by atoms with Crippen LogP contribution >= 0.6 is 15.9 Å². The lowest BCUT2D eigenvalue weighted by Gasteiger charge is -2.33. The molecule has 0 saturated carbocycles. The molecule has 0 bridgehead atoms. The number of hydrogen-bond acceptors (Lipinski definition) is 4. The SMILES string of the molecule is CC1CCCCN1CCCNc1ncncc1Br. The van der Waals surface area contributed by atoms with Gasteiger partial charge in [0, 0.05) is 25.3 Å². The number of piperidine rings is 1. The van der Waals surface area contributed by atoms with Gasteiger partial charge in [0.05, 0.1) is 4.47 Å². The topological polar surface area (TPSA) is 41.0 Å². The Morgan fingerprint density at radius 2 is 2.39 bits per heavy atom. The van der Waals surface area contributed by atoms with Crippen LogP contribution < -0.4 is 5.32 Å². The van der Waals surface area contributed by atoms with E-state index in [0.717, 1.165) is 29.3 Å². The highest BCUT2D eigenvalue weighted by molar-refractivity contribution is 9.10. The van der Waals surface area contributed by atoms with Crippen molar-refractivity contribution >= 4 is 21.7 Å². The van der Waals surface area contributed by atoms with Crippen molar-refractivity contribution in [3.05, 3.63) is 17.0 Å². The third-order valence-corrected chi connectivity index (χ3v) is 4.10. The second-order valence-corrected chi connectivity index (χ2v) is 5.73. The highest BCUT2D eigenvalue weighted by Crippen LogP contribution is 2.18. The predicted molar refractivity (Wildman–Crippen MR) is 77.7 cm³/mol. The zero-order chi connectivity index (χ0) is 12.8. The molecule has 0 spiro atoms. The number of halogens is 1. The lowest BCUT2D eigenvalue weighted by molar-refractivity contribution is 0.160. The van der Waals surface area contributed by atoms with Gasteiger partial charge in [-0.15, -0.1) is 0 Å². The van der Waals surface area contributed by atoms with Gasteiger partial charge in [0.2, 0.25) is 0 Å². The van der Waals surface area contributed by atoms with Crippen LogP contribution in [0.4, 0.5) is 5.82 Å². The monoisotopic (exact) mass is 312 g/mol. The second-order valence-electron chi connectivity index (χ2n) is 4.88. The summed E-state index contributed by atoms with van der Waals surface area (Å²) in [6.07, 6.45) is 8.59. The number of nitrogens with zero attached hydrogens (tertiary/aromatic N) is 3. The maximum absolute atomic E-state index is 4.19. The molecule has 2 rings (SSSR count). The summed E-state index contributed by atoms with van der Waals surface area (Å²) in [6, 6.07) is 0.754. The van der Waals surface area contributed by atoms with E-state index in [1.54, 1.807) is 12.5 Å². The summed E-state index contributed by atoms with van der Waals surface area (Å²) in [6.45, 7) is 5.74. The van der Waals surface area contributed by atoms with Gasteiger partial charge in [0.15, 0.2) is 0 Å². The molecule has 1 aliphatic heterocycles. The van der Waals surface area contributed by atoms with Gasteiger partial charge in [-0.3, -0.25) is 0 Å². The average molecular weight is 313 g/mol. The summed E-state index contributed by atoms with van der Waals surface area (Å²) < 4.78 is 0.927. The highest BCUT2D eigenvalue weighted by atomic mass is 79.9. The fraction of sp³-hybridized carbons (Fsp3) is 0.692. The molecule has 1 unspecified atom stereocenters. The number of aromatic nitrogens is 2. The van der Waals surface area contributed by atoms with E-state index in [2.05, 4.69) is 43.0 Å². The van der Waals surface area contributed by atoms with E-state index in [9.17, 15) is 0 Å². The van der Waals surface area contributed by atoms with Crippen LogP contribution in [0.1, 0.15) is 32.6 Å². The molecule has 2 heterocycles. The molecular weight excluding hydrogens is 292 g/mol. The smallest absolute Gasteiger partial charge is 0.143 e. The first-order valence-corrected chi connectivity index (χ1v) is 7.50. The van der Waals surface area contributed by atoms with Crippen LogP contribution in [-0.4, -0.2) is 40.5 Å². The van der Waals surface area contributed by atoms with Crippen molar-refractivity contribution in [3.63, 3.8) is 0 Å². The van der Waals surface area contributed by atoms with Crippen molar-refractivity contribution in [2.75, 3.05) is 25.0 Å². The average Bonchev–Trinajstić information content (AvgIpc) is 2.38. The molecule has 1 fully saturated rings. The van der Waals surface area contributed by atoms with Crippen LogP contribution in [0, 0.1) is 0 Å². The molecule has 1 aliphatic rings. The van der Waals surface area contributed by atoms with Gasteiger partial charge in [-0.2, -0.15) is 0 Å². The van der Waals surface area contributed by atoms with Crippen molar-refractivity contribution in [2.45, 2.75) is 38.6 Å². The molecule has 1 aromatic rings. The van der Waals surface area contributed by atoms with E-state index in [1.165, 1.54) is 32.4 Å². The summed E-state index contributed by atoms with van der Waals surface area (Å²) in [5.74, 6) is 0.886. The van der Waals surface area contributed by atoms with Gasteiger partial charge in [-0.25, -0.2) is 9.97 Å². The minimum absolute atomic E-state index is 0.754. The maximum Gasteiger partial charge on any atom is 0.143 e. The van der Waals surface area contributed by atoms with Gasteiger partial charge in [-0.05, 0) is 48.7 Å². The van der Waals surface area contributed by atoms with Crippen molar-refractivity contribution in [1.29, 1.82) is 0 Å². The highest BCUT2D eigenvalue weighted by Gasteiger charge is 2.16. The van der Waals surface area contributed by atoms with Crippen LogP contribution in [0.3, 0.4) is 0 Å². The molecule has 0 amide bonds. The number of rotatable bonds is 5. The predicted octanol–water partition coefficient (Wildman–Crippen LogP) is 2.92. The summed E-state index contributed by atoms with van der Waals surface area (Å²) in [5.41, 5.74) is 0. The zero-order valence-corrected chi connectivity index (χ0v) is 12.5. The molecule has 100 valence electrons. The number of likely N-dealkylation sites (tertiary alicyclic amines) is 1. The van der Waals surface area contributed by atoms with Crippen LogP contribution in [0.25, 0.3) is 0 Å². The second kappa shape index (κ2) is 7.04. The first-order chi connectivity index (χ1) is 8.77. The van der Waals surface area contributed by atoms with Gasteiger partial charge >= 0.3 is 0 Å². The first kappa shape index (κ1) is 13.7. The number of nitrogens with one attached hydrogen (secondary N) is 1. The fourth-order valence-corrected chi connectivity index (χ4v) is 2.78. The summed E-state index contributed by atoms with van der Waals surface area (Å²) in [5, 5.41) is 3.34. The van der Waals surface area contributed by atoms with Gasteiger partial charge in [0.1, 0.15) is 12.1 Å². The molecule has 1 saturated heterocycles. The van der Waals surface area contributed by atoms with Gasteiger partial charge < -0.3 is 10.2 Å². The first-order valence-electron chi connectivity index (χ1n) is 6.71. The van der Waals surface area contributed by atoms with Crippen molar-refractivity contribution in [3.8, 4) is 0 Å². The van der Waals surface area contributed by atoms with Crippen molar-refractivity contribution < 1.29 is 0 Å². The summed E-state index contributed by atoms with van der Waals surface area (Å²) >= 11 is 3.44. The normalized spacial score (nSPS) is 20.9. The van der Waals surface area contributed by atoms with Gasteiger partial charge in [-0.1, -0.05) is 6.42 Å². The lowest BCUT2D eigenvalue weighted by Crippen LogP contribution is -2.38. The largest absolute Gasteiger partial charge is 0.369 e. The molecule has 0 radical (unpaired) electrons. The van der Waals surface area contributed by atoms with Crippen LogP contribution in [0.2, 0.25) is 0 Å². The Kier molecular flexibility index (Phi) is 5.38. The van der Waals surface area contributed by atoms with E-state index < -0.39 is 0 Å². The molecule has 18 heavy (non-hydrogen) atoms. The van der Waals surface area contributed by atoms with Crippen LogP contribution in [-0.2, 0) is 0 Å². The quantitative estimate of drug-likeness (QED) is 0.849. The van der Waals surface area contributed by atoms with Gasteiger partial charge in [0.25, 0.3) is 0 Å². The third kappa shape index (κ3) is 3.92. The summed E-state index contributed by atoms with van der Waals surface area (Å²) in [7, 11) is 0. The molecular formula is C13H21BrN4. The zero-order valence-electron chi connectivity index (χ0n) is 10.9. The third-order valence-electron chi connectivity index (χ3n) is 3.52. The Morgan fingerprint density at radius 1 is 1.50 bits per heavy atom. The van der Waals surface area contributed by atoms with E-state index in [4.69, 9.17) is 0 Å². The molecule has 4 nitrogen and oxygen atoms in total. The lowest BCUT2D eigenvalue weighted by atomic mass is 10.0. The molecule has 1 atom stereocenters. The Balaban J connectivity index is 1.68. The van der Waals surface area contributed by atoms with Crippen LogP contribution in [0.15, 0.2) is 17.0 Å². The minimum Gasteiger partial charge on any atom is -0.369 e. The van der Waals surface area contributed by atoms with E-state index in [-0.39, 0.29) is 0 Å². The minimum atomic E-state index is 0.754.